The Labute approximate surface area is 94.6 Å². The minimum Gasteiger partial charge on any atom is -0.382 e. The molecule has 0 amide bonds. The number of nitrogens with two attached hydrogens (primary N) is 1. The molecule has 1 aromatic carbocycles. The van der Waals surface area contributed by atoms with Crippen LogP contribution < -0.4 is 5.73 Å². The van der Waals surface area contributed by atoms with Crippen LogP contribution in [-0.2, 0) is 0 Å². The third-order valence-corrected chi connectivity index (χ3v) is 2.58. The summed E-state index contributed by atoms with van der Waals surface area (Å²) in [4.78, 5) is 0. The van der Waals surface area contributed by atoms with Crippen molar-refractivity contribution in [3.63, 3.8) is 0 Å². The summed E-state index contributed by atoms with van der Waals surface area (Å²) in [7, 11) is 0. The maximum absolute atomic E-state index is 6.02. The van der Waals surface area contributed by atoms with Crippen molar-refractivity contribution >= 4 is 33.3 Å². The normalized spacial score (nSPS) is 10.4. The van der Waals surface area contributed by atoms with Gasteiger partial charge < -0.3 is 5.73 Å². The predicted octanol–water partition coefficient (Wildman–Crippen LogP) is 2.87. The molecular weight excluding hydrogens is 265 g/mol. The zero-order chi connectivity index (χ0) is 10.1. The Bertz CT molecular complexity index is 467. The van der Waals surface area contributed by atoms with Crippen LogP contribution in [0.5, 0.6) is 0 Å². The van der Waals surface area contributed by atoms with Crippen molar-refractivity contribution in [1.82, 2.24) is 9.78 Å². The van der Waals surface area contributed by atoms with Crippen molar-refractivity contribution in [2.24, 2.45) is 0 Å². The second-order valence-electron chi connectivity index (χ2n) is 2.78. The fourth-order valence-corrected chi connectivity index (χ4v) is 1.69. The highest BCUT2D eigenvalue weighted by Gasteiger charge is 2.04. The van der Waals surface area contributed by atoms with Gasteiger partial charge in [-0.1, -0.05) is 27.5 Å². The van der Waals surface area contributed by atoms with Gasteiger partial charge >= 0.3 is 0 Å². The molecule has 14 heavy (non-hydrogen) atoms. The number of hydrogen-bond donors (Lipinski definition) is 1. The number of hydrogen-bond acceptors (Lipinski definition) is 2. The van der Waals surface area contributed by atoms with Gasteiger partial charge in [-0.2, -0.15) is 5.10 Å². The monoisotopic (exact) mass is 271 g/mol. The van der Waals surface area contributed by atoms with Crippen molar-refractivity contribution in [3.8, 4) is 5.69 Å². The van der Waals surface area contributed by atoms with Gasteiger partial charge in [0.05, 0.1) is 10.7 Å². The molecule has 0 aliphatic carbocycles. The first-order valence-electron chi connectivity index (χ1n) is 3.93. The molecule has 0 atom stereocenters. The molecule has 0 bridgehead atoms. The Hall–Kier alpha value is -1.00. The summed E-state index contributed by atoms with van der Waals surface area (Å²) in [5.74, 6) is 0.473. The molecule has 5 heteroatoms. The van der Waals surface area contributed by atoms with E-state index in [1.165, 1.54) is 0 Å². The van der Waals surface area contributed by atoms with Gasteiger partial charge in [0, 0.05) is 16.7 Å². The number of nitrogens with zero attached hydrogens (tertiary/aromatic N) is 2. The largest absolute Gasteiger partial charge is 0.382 e. The topological polar surface area (TPSA) is 43.8 Å². The molecule has 72 valence electrons. The maximum Gasteiger partial charge on any atom is 0.145 e. The number of rotatable bonds is 1. The number of benzene rings is 1. The molecule has 0 spiro atoms. The smallest absolute Gasteiger partial charge is 0.145 e. The number of anilines is 1. The van der Waals surface area contributed by atoms with E-state index in [4.69, 9.17) is 17.3 Å². The fourth-order valence-electron chi connectivity index (χ4n) is 1.13. The summed E-state index contributed by atoms with van der Waals surface area (Å²) in [6.45, 7) is 0. The van der Waals surface area contributed by atoms with Crippen molar-refractivity contribution in [3.05, 3.63) is 40.0 Å². The molecule has 0 aliphatic heterocycles. The number of nitrogen functional groups attached to an aromatic ring is 1. The summed E-state index contributed by atoms with van der Waals surface area (Å²) in [5.41, 5.74) is 6.32. The van der Waals surface area contributed by atoms with Crippen LogP contribution in [0.25, 0.3) is 5.69 Å². The van der Waals surface area contributed by atoms with E-state index in [9.17, 15) is 0 Å². The van der Waals surface area contributed by atoms with E-state index in [-0.39, 0.29) is 0 Å². The van der Waals surface area contributed by atoms with Gasteiger partial charge in [-0.3, -0.25) is 0 Å². The van der Waals surface area contributed by atoms with Crippen molar-refractivity contribution < 1.29 is 0 Å². The third-order valence-electron chi connectivity index (χ3n) is 1.76. The quantitative estimate of drug-likeness (QED) is 0.867. The van der Waals surface area contributed by atoms with Gasteiger partial charge in [0.25, 0.3) is 0 Å². The van der Waals surface area contributed by atoms with E-state index in [0.29, 0.717) is 10.8 Å². The van der Waals surface area contributed by atoms with Crippen LogP contribution >= 0.6 is 27.5 Å². The zero-order valence-electron chi connectivity index (χ0n) is 7.11. The van der Waals surface area contributed by atoms with Gasteiger partial charge in [0.15, 0.2) is 0 Å². The van der Waals surface area contributed by atoms with Crippen LogP contribution in [0, 0.1) is 0 Å². The van der Waals surface area contributed by atoms with Crippen LogP contribution in [0.3, 0.4) is 0 Å². The summed E-state index contributed by atoms with van der Waals surface area (Å²) >= 11 is 9.39. The summed E-state index contributed by atoms with van der Waals surface area (Å²) < 4.78 is 2.59. The molecular formula is C9H7BrClN3. The lowest BCUT2D eigenvalue weighted by Crippen LogP contribution is -1.97. The molecule has 0 radical (unpaired) electrons. The molecule has 0 unspecified atom stereocenters. The predicted molar refractivity (Wildman–Crippen MR) is 60.7 cm³/mol. The van der Waals surface area contributed by atoms with E-state index in [2.05, 4.69) is 21.0 Å². The third kappa shape index (κ3) is 1.76. The van der Waals surface area contributed by atoms with E-state index < -0.39 is 0 Å². The Morgan fingerprint density at radius 1 is 1.36 bits per heavy atom. The second kappa shape index (κ2) is 3.63. The molecule has 0 aliphatic rings. The standard InChI is InChI=1S/C9H7BrClN3/c10-6-1-2-7(11)8(5-6)14-4-3-9(12)13-14/h1-5H,(H2,12,13). The Morgan fingerprint density at radius 3 is 2.79 bits per heavy atom. The lowest BCUT2D eigenvalue weighted by molar-refractivity contribution is 0.885. The molecule has 3 nitrogen and oxygen atoms in total. The molecule has 0 saturated carbocycles. The van der Waals surface area contributed by atoms with E-state index in [1.807, 2.05) is 12.1 Å². The Kier molecular flexibility index (Phi) is 2.48. The maximum atomic E-state index is 6.02. The first kappa shape index (κ1) is 9.55. The first-order chi connectivity index (χ1) is 6.66. The van der Waals surface area contributed by atoms with E-state index >= 15 is 0 Å². The van der Waals surface area contributed by atoms with E-state index in [1.54, 1.807) is 23.0 Å². The Balaban J connectivity index is 2.55. The molecule has 1 aromatic heterocycles. The number of aromatic nitrogens is 2. The SMILES string of the molecule is Nc1ccn(-c2cc(Br)ccc2Cl)n1. The lowest BCUT2D eigenvalue weighted by Gasteiger charge is -2.04. The first-order valence-corrected chi connectivity index (χ1v) is 5.10. The highest BCUT2D eigenvalue weighted by molar-refractivity contribution is 9.10. The van der Waals surface area contributed by atoms with Gasteiger partial charge in [-0.05, 0) is 18.2 Å². The molecule has 2 N–H and O–H groups in total. The highest BCUT2D eigenvalue weighted by atomic mass is 79.9. The molecule has 2 aromatic rings. The molecule has 1 heterocycles. The van der Waals surface area contributed by atoms with Crippen LogP contribution in [0.2, 0.25) is 5.02 Å². The minimum absolute atomic E-state index is 0.473. The molecule has 0 fully saturated rings. The molecule has 2 rings (SSSR count). The zero-order valence-corrected chi connectivity index (χ0v) is 9.46. The second-order valence-corrected chi connectivity index (χ2v) is 4.10. The van der Waals surface area contributed by atoms with Gasteiger partial charge in [0.2, 0.25) is 0 Å². The summed E-state index contributed by atoms with van der Waals surface area (Å²) in [6.07, 6.45) is 1.77. The van der Waals surface area contributed by atoms with Crippen LogP contribution in [0.1, 0.15) is 0 Å². The van der Waals surface area contributed by atoms with E-state index in [0.717, 1.165) is 10.2 Å². The summed E-state index contributed by atoms with van der Waals surface area (Å²) in [5, 5.41) is 4.71. The van der Waals surface area contributed by atoms with Gasteiger partial charge in [-0.25, -0.2) is 4.68 Å². The highest BCUT2D eigenvalue weighted by Crippen LogP contribution is 2.24. The average Bonchev–Trinajstić information content (AvgIpc) is 2.56. The van der Waals surface area contributed by atoms with Gasteiger partial charge in [-0.15, -0.1) is 0 Å². The van der Waals surface area contributed by atoms with Crippen LogP contribution in [0.4, 0.5) is 5.82 Å². The Morgan fingerprint density at radius 2 is 2.14 bits per heavy atom. The lowest BCUT2D eigenvalue weighted by atomic mass is 10.3. The average molecular weight is 273 g/mol. The number of halogens is 2. The minimum atomic E-state index is 0.473. The van der Waals surface area contributed by atoms with Crippen LogP contribution in [-0.4, -0.2) is 9.78 Å². The molecule has 0 saturated heterocycles. The van der Waals surface area contributed by atoms with Crippen molar-refractivity contribution in [1.29, 1.82) is 0 Å². The fraction of sp³-hybridized carbons (Fsp3) is 0. The van der Waals surface area contributed by atoms with Gasteiger partial charge in [0.1, 0.15) is 5.82 Å². The van der Waals surface area contributed by atoms with Crippen molar-refractivity contribution in [2.75, 3.05) is 5.73 Å². The van der Waals surface area contributed by atoms with Crippen molar-refractivity contribution in [2.45, 2.75) is 0 Å². The summed E-state index contributed by atoms with van der Waals surface area (Å²) in [6, 6.07) is 7.28. The van der Waals surface area contributed by atoms with Crippen LogP contribution in [0.15, 0.2) is 34.9 Å².